The van der Waals surface area contributed by atoms with E-state index in [0.29, 0.717) is 16.4 Å². The minimum Gasteiger partial charge on any atom is -0.296 e. The van der Waals surface area contributed by atoms with Gasteiger partial charge in [-0.15, -0.1) is 10.2 Å². The summed E-state index contributed by atoms with van der Waals surface area (Å²) >= 11 is 1.29. The van der Waals surface area contributed by atoms with E-state index in [-0.39, 0.29) is 30.6 Å². The first-order chi connectivity index (χ1) is 13.5. The number of carbonyl (C=O) groups is 3. The molecule has 0 aliphatic carbocycles. The molecule has 2 aromatic carbocycles. The Bertz CT molecular complexity index is 1040. The monoisotopic (exact) mass is 392 g/mol. The van der Waals surface area contributed by atoms with Gasteiger partial charge in [-0.25, -0.2) is 0 Å². The molecule has 140 valence electrons. The van der Waals surface area contributed by atoms with Crippen molar-refractivity contribution in [3.05, 3.63) is 59.7 Å². The Morgan fingerprint density at radius 2 is 1.61 bits per heavy atom. The summed E-state index contributed by atoms with van der Waals surface area (Å²) in [6.07, 6.45) is 0.447. The number of hydrogen-bond acceptors (Lipinski definition) is 6. The number of aromatic nitrogens is 2. The summed E-state index contributed by atoms with van der Waals surface area (Å²) in [4.78, 5) is 37.2. The quantitative estimate of drug-likeness (QED) is 0.687. The van der Waals surface area contributed by atoms with Crippen molar-refractivity contribution in [2.24, 2.45) is 0 Å². The lowest BCUT2D eigenvalue weighted by Gasteiger charge is -2.13. The minimum absolute atomic E-state index is 0.223. The van der Waals surface area contributed by atoms with Gasteiger partial charge in [0.05, 0.1) is 5.69 Å². The molecule has 1 saturated heterocycles. The molecular weight excluding hydrogens is 376 g/mol. The fourth-order valence-corrected chi connectivity index (χ4v) is 3.63. The molecule has 28 heavy (non-hydrogen) atoms. The molecule has 3 amide bonds. The fraction of sp³-hybridized carbons (Fsp3) is 0.150. The molecule has 2 heterocycles. The molecule has 0 atom stereocenters. The maximum Gasteiger partial charge on any atom is 0.257 e. The van der Waals surface area contributed by atoms with Gasteiger partial charge in [-0.2, -0.15) is 0 Å². The van der Waals surface area contributed by atoms with Crippen molar-refractivity contribution in [3.8, 4) is 10.6 Å². The number of nitrogens with one attached hydrogen (secondary N) is 1. The Hall–Kier alpha value is -3.39. The number of imide groups is 1. The lowest BCUT2D eigenvalue weighted by Crippen LogP contribution is -2.28. The van der Waals surface area contributed by atoms with Crippen LogP contribution in [0.15, 0.2) is 48.5 Å². The van der Waals surface area contributed by atoms with E-state index in [1.54, 1.807) is 24.3 Å². The number of carbonyl (C=O) groups excluding carboxylic acids is 3. The van der Waals surface area contributed by atoms with E-state index in [0.717, 1.165) is 21.0 Å². The summed E-state index contributed by atoms with van der Waals surface area (Å²) in [6.45, 7) is 2.01. The standard InChI is InChI=1S/C20H16N4O3S/c1-12-2-4-14(5-3-12)19-22-23-20(28-19)21-18(27)13-6-8-15(9-7-13)24-16(25)10-11-17(24)26/h2-9H,10-11H2,1H3,(H,21,23,27). The normalized spacial score (nSPS) is 13.8. The second-order valence-electron chi connectivity index (χ2n) is 6.40. The van der Waals surface area contributed by atoms with Gasteiger partial charge < -0.3 is 0 Å². The number of anilines is 2. The average molecular weight is 392 g/mol. The van der Waals surface area contributed by atoms with E-state index in [2.05, 4.69) is 15.5 Å². The highest BCUT2D eigenvalue weighted by Gasteiger charge is 2.30. The summed E-state index contributed by atoms with van der Waals surface area (Å²) in [5.74, 6) is -0.781. The highest BCUT2D eigenvalue weighted by Crippen LogP contribution is 2.27. The van der Waals surface area contributed by atoms with Crippen LogP contribution in [0.2, 0.25) is 0 Å². The van der Waals surface area contributed by atoms with Crippen LogP contribution in [0, 0.1) is 6.92 Å². The van der Waals surface area contributed by atoms with Crippen LogP contribution < -0.4 is 10.2 Å². The lowest BCUT2D eigenvalue weighted by atomic mass is 10.2. The Labute approximate surface area is 165 Å². The van der Waals surface area contributed by atoms with Crippen LogP contribution in [0.1, 0.15) is 28.8 Å². The van der Waals surface area contributed by atoms with E-state index in [4.69, 9.17) is 0 Å². The zero-order valence-corrected chi connectivity index (χ0v) is 15.8. The van der Waals surface area contributed by atoms with Crippen molar-refractivity contribution in [2.45, 2.75) is 19.8 Å². The number of nitrogens with zero attached hydrogens (tertiary/aromatic N) is 3. The summed E-state index contributed by atoms with van der Waals surface area (Å²) in [5.41, 5.74) is 2.96. The first kappa shape index (κ1) is 18.0. The summed E-state index contributed by atoms with van der Waals surface area (Å²) in [7, 11) is 0. The molecule has 4 rings (SSSR count). The largest absolute Gasteiger partial charge is 0.296 e. The van der Waals surface area contributed by atoms with Gasteiger partial charge in [-0.3, -0.25) is 24.6 Å². The number of aryl methyl sites for hydroxylation is 1. The predicted octanol–water partition coefficient (Wildman–Crippen LogP) is 3.42. The van der Waals surface area contributed by atoms with Crippen LogP contribution in [-0.4, -0.2) is 27.9 Å². The zero-order valence-electron chi connectivity index (χ0n) is 15.0. The topological polar surface area (TPSA) is 92.3 Å². The van der Waals surface area contributed by atoms with E-state index >= 15 is 0 Å². The van der Waals surface area contributed by atoms with Crippen LogP contribution in [0.25, 0.3) is 10.6 Å². The van der Waals surface area contributed by atoms with E-state index in [1.165, 1.54) is 11.3 Å². The summed E-state index contributed by atoms with van der Waals surface area (Å²) in [6, 6.07) is 14.2. The SMILES string of the molecule is Cc1ccc(-c2nnc(NC(=O)c3ccc(N4C(=O)CCC4=O)cc3)s2)cc1. The Balaban J connectivity index is 1.46. The van der Waals surface area contributed by atoms with E-state index < -0.39 is 0 Å². The predicted molar refractivity (Wildman–Crippen MR) is 106 cm³/mol. The smallest absolute Gasteiger partial charge is 0.257 e. The first-order valence-electron chi connectivity index (χ1n) is 8.69. The van der Waals surface area contributed by atoms with Gasteiger partial charge in [-0.05, 0) is 31.2 Å². The Kier molecular flexibility index (Phi) is 4.70. The molecule has 0 saturated carbocycles. The van der Waals surface area contributed by atoms with Gasteiger partial charge >= 0.3 is 0 Å². The van der Waals surface area contributed by atoms with E-state index in [9.17, 15) is 14.4 Å². The second-order valence-corrected chi connectivity index (χ2v) is 7.38. The molecule has 3 aromatic rings. The average Bonchev–Trinajstić information content (AvgIpc) is 3.29. The molecule has 0 bridgehead atoms. The summed E-state index contributed by atoms with van der Waals surface area (Å²) < 4.78 is 0. The van der Waals surface area contributed by atoms with Crippen LogP contribution in [0.5, 0.6) is 0 Å². The van der Waals surface area contributed by atoms with Crippen molar-refractivity contribution in [1.82, 2.24) is 10.2 Å². The van der Waals surface area contributed by atoms with Crippen molar-refractivity contribution in [1.29, 1.82) is 0 Å². The Morgan fingerprint density at radius 3 is 2.25 bits per heavy atom. The fourth-order valence-electron chi connectivity index (χ4n) is 2.88. The lowest BCUT2D eigenvalue weighted by molar-refractivity contribution is -0.121. The third-order valence-corrected chi connectivity index (χ3v) is 5.27. The number of benzene rings is 2. The van der Waals surface area contributed by atoms with Crippen molar-refractivity contribution in [2.75, 3.05) is 10.2 Å². The molecule has 7 nitrogen and oxygen atoms in total. The third-order valence-electron chi connectivity index (χ3n) is 4.38. The third kappa shape index (κ3) is 3.54. The highest BCUT2D eigenvalue weighted by atomic mass is 32.1. The maximum atomic E-state index is 12.4. The van der Waals surface area contributed by atoms with Crippen LogP contribution in [-0.2, 0) is 9.59 Å². The van der Waals surface area contributed by atoms with Gasteiger partial charge in [0.1, 0.15) is 5.01 Å². The number of rotatable bonds is 4. The van der Waals surface area contributed by atoms with Gasteiger partial charge in [0.2, 0.25) is 16.9 Å². The van der Waals surface area contributed by atoms with Gasteiger partial charge in [0, 0.05) is 24.0 Å². The second kappa shape index (κ2) is 7.32. The summed E-state index contributed by atoms with van der Waals surface area (Å²) in [5, 5.41) is 12.0. The minimum atomic E-state index is -0.336. The zero-order chi connectivity index (χ0) is 19.7. The first-order valence-corrected chi connectivity index (χ1v) is 9.50. The van der Waals surface area contributed by atoms with E-state index in [1.807, 2.05) is 31.2 Å². The Morgan fingerprint density at radius 1 is 0.964 bits per heavy atom. The number of amides is 3. The van der Waals surface area contributed by atoms with Gasteiger partial charge in [0.15, 0.2) is 0 Å². The van der Waals surface area contributed by atoms with Gasteiger partial charge in [-0.1, -0.05) is 41.2 Å². The van der Waals surface area contributed by atoms with Crippen LogP contribution in [0.4, 0.5) is 10.8 Å². The highest BCUT2D eigenvalue weighted by molar-refractivity contribution is 7.18. The van der Waals surface area contributed by atoms with Crippen molar-refractivity contribution in [3.63, 3.8) is 0 Å². The molecule has 0 radical (unpaired) electrons. The van der Waals surface area contributed by atoms with Crippen molar-refractivity contribution >= 4 is 39.9 Å². The molecule has 0 spiro atoms. The number of hydrogen-bond donors (Lipinski definition) is 1. The van der Waals surface area contributed by atoms with Crippen LogP contribution in [0.3, 0.4) is 0 Å². The maximum absolute atomic E-state index is 12.4. The molecule has 0 unspecified atom stereocenters. The molecule has 1 fully saturated rings. The molecule has 1 aliphatic rings. The van der Waals surface area contributed by atoms with Crippen LogP contribution >= 0.6 is 11.3 Å². The molecule has 1 aliphatic heterocycles. The molecule has 1 N–H and O–H groups in total. The van der Waals surface area contributed by atoms with Crippen molar-refractivity contribution < 1.29 is 14.4 Å². The molecule has 8 heteroatoms. The molecule has 1 aromatic heterocycles. The molecular formula is C20H16N4O3S. The van der Waals surface area contributed by atoms with Gasteiger partial charge in [0.25, 0.3) is 5.91 Å².